The zero-order chi connectivity index (χ0) is 17.0. The molecule has 1 aliphatic heterocycles. The third-order valence-corrected chi connectivity index (χ3v) is 4.68. The molecular weight excluding hydrogens is 311 g/mol. The Morgan fingerprint density at radius 1 is 1.29 bits per heavy atom. The van der Waals surface area contributed by atoms with Gasteiger partial charge in [0.25, 0.3) is 5.79 Å². The van der Waals surface area contributed by atoms with Crippen LogP contribution in [0.15, 0.2) is 41.5 Å². The lowest BCUT2D eigenvalue weighted by Gasteiger charge is -2.45. The molecule has 1 fully saturated rings. The molecule has 1 unspecified atom stereocenters. The normalized spacial score (nSPS) is 25.1. The SMILES string of the molecule is O=C(NO)C1(NC2(c3cccc(F)c3)CCCCC2)N=CC=CN1. The Labute approximate surface area is 139 Å². The largest absolute Gasteiger partial charge is 0.347 e. The van der Waals surface area contributed by atoms with Crippen molar-refractivity contribution in [2.75, 3.05) is 0 Å². The van der Waals surface area contributed by atoms with Crippen molar-refractivity contribution in [2.45, 2.75) is 43.4 Å². The molecule has 1 aliphatic carbocycles. The van der Waals surface area contributed by atoms with E-state index >= 15 is 0 Å². The van der Waals surface area contributed by atoms with Crippen LogP contribution in [0, 0.1) is 5.82 Å². The molecule has 6 nitrogen and oxygen atoms in total. The summed E-state index contributed by atoms with van der Waals surface area (Å²) in [5.74, 6) is -2.57. The molecule has 1 amide bonds. The Hall–Kier alpha value is -2.25. The van der Waals surface area contributed by atoms with E-state index in [4.69, 9.17) is 5.21 Å². The quantitative estimate of drug-likeness (QED) is 0.501. The molecule has 0 saturated heterocycles. The highest BCUT2D eigenvalue weighted by Gasteiger charge is 2.46. The van der Waals surface area contributed by atoms with E-state index in [0.29, 0.717) is 0 Å². The molecule has 0 bridgehead atoms. The first-order valence-electron chi connectivity index (χ1n) is 8.08. The minimum absolute atomic E-state index is 0.320. The molecule has 0 radical (unpaired) electrons. The predicted molar refractivity (Wildman–Crippen MR) is 87.7 cm³/mol. The van der Waals surface area contributed by atoms with E-state index in [1.165, 1.54) is 18.3 Å². The van der Waals surface area contributed by atoms with Crippen molar-refractivity contribution in [2.24, 2.45) is 4.99 Å². The fraction of sp³-hybridized carbons (Fsp3) is 0.412. The molecule has 0 spiro atoms. The van der Waals surface area contributed by atoms with Crippen molar-refractivity contribution in [1.82, 2.24) is 16.1 Å². The minimum Gasteiger partial charge on any atom is -0.347 e. The van der Waals surface area contributed by atoms with Gasteiger partial charge in [-0.25, -0.2) is 14.9 Å². The van der Waals surface area contributed by atoms with Gasteiger partial charge < -0.3 is 5.32 Å². The number of hydrogen-bond acceptors (Lipinski definition) is 5. The standard InChI is InChI=1S/C17H21FN4O2/c18-14-7-4-6-13(12-14)16(8-2-1-3-9-16)22-17(15(23)21-24)19-10-5-11-20-17/h4-7,10-12,19,22,24H,1-3,8-9H2,(H,21,23). The highest BCUT2D eigenvalue weighted by molar-refractivity contribution is 5.88. The summed E-state index contributed by atoms with van der Waals surface area (Å²) in [6, 6.07) is 6.41. The topological polar surface area (TPSA) is 85.8 Å². The fourth-order valence-corrected chi connectivity index (χ4v) is 3.51. The third-order valence-electron chi connectivity index (χ3n) is 4.68. The number of carbonyl (C=O) groups excluding carboxylic acids is 1. The van der Waals surface area contributed by atoms with Crippen LogP contribution in [0.25, 0.3) is 0 Å². The number of amides is 1. The molecule has 0 aromatic heterocycles. The molecule has 128 valence electrons. The maximum absolute atomic E-state index is 13.8. The molecule has 1 saturated carbocycles. The average molecular weight is 332 g/mol. The van der Waals surface area contributed by atoms with Crippen molar-refractivity contribution in [3.63, 3.8) is 0 Å². The molecule has 1 aromatic carbocycles. The number of nitrogens with one attached hydrogen (secondary N) is 3. The molecule has 1 atom stereocenters. The van der Waals surface area contributed by atoms with Gasteiger partial charge in [0.2, 0.25) is 0 Å². The summed E-state index contributed by atoms with van der Waals surface area (Å²) in [7, 11) is 0. The van der Waals surface area contributed by atoms with Crippen LogP contribution in [0.4, 0.5) is 4.39 Å². The number of halogens is 1. The molecular formula is C17H21FN4O2. The molecule has 2 aliphatic rings. The van der Waals surface area contributed by atoms with E-state index in [2.05, 4.69) is 15.6 Å². The van der Waals surface area contributed by atoms with Crippen molar-refractivity contribution >= 4 is 12.1 Å². The van der Waals surface area contributed by atoms with Crippen LogP contribution in [0.2, 0.25) is 0 Å². The Kier molecular flexibility index (Phi) is 4.64. The van der Waals surface area contributed by atoms with Crippen LogP contribution in [0.5, 0.6) is 0 Å². The van der Waals surface area contributed by atoms with Gasteiger partial charge in [0.05, 0.1) is 0 Å². The van der Waals surface area contributed by atoms with E-state index in [1.54, 1.807) is 23.8 Å². The zero-order valence-corrected chi connectivity index (χ0v) is 13.3. The van der Waals surface area contributed by atoms with Gasteiger partial charge in [0.15, 0.2) is 0 Å². The first kappa shape index (κ1) is 16.6. The number of rotatable bonds is 4. The van der Waals surface area contributed by atoms with E-state index in [1.807, 2.05) is 6.07 Å². The lowest BCUT2D eigenvalue weighted by Crippen LogP contribution is -2.69. The zero-order valence-electron chi connectivity index (χ0n) is 13.3. The Morgan fingerprint density at radius 2 is 2.08 bits per heavy atom. The van der Waals surface area contributed by atoms with Gasteiger partial charge in [0, 0.05) is 18.0 Å². The number of carbonyl (C=O) groups is 1. The molecule has 1 aromatic rings. The highest BCUT2D eigenvalue weighted by atomic mass is 19.1. The first-order chi connectivity index (χ1) is 11.6. The number of aliphatic imine (C=N–C) groups is 1. The number of allylic oxidation sites excluding steroid dienone is 1. The van der Waals surface area contributed by atoms with E-state index in [9.17, 15) is 9.18 Å². The summed E-state index contributed by atoms with van der Waals surface area (Å²) in [6.07, 6.45) is 9.22. The molecule has 7 heteroatoms. The van der Waals surface area contributed by atoms with E-state index < -0.39 is 17.2 Å². The average Bonchev–Trinajstić information content (AvgIpc) is 2.62. The second-order valence-corrected chi connectivity index (χ2v) is 6.21. The van der Waals surface area contributed by atoms with Gasteiger partial charge >= 0.3 is 5.91 Å². The van der Waals surface area contributed by atoms with Gasteiger partial charge in [-0.2, -0.15) is 0 Å². The Balaban J connectivity index is 2.01. The smallest absolute Gasteiger partial charge is 0.307 e. The molecule has 24 heavy (non-hydrogen) atoms. The second-order valence-electron chi connectivity index (χ2n) is 6.21. The Bertz CT molecular complexity index is 670. The summed E-state index contributed by atoms with van der Waals surface area (Å²) in [5.41, 5.74) is 1.83. The maximum Gasteiger partial charge on any atom is 0.307 e. The van der Waals surface area contributed by atoms with Crippen molar-refractivity contribution in [3.8, 4) is 0 Å². The van der Waals surface area contributed by atoms with Crippen LogP contribution in [-0.4, -0.2) is 23.1 Å². The van der Waals surface area contributed by atoms with Crippen LogP contribution in [-0.2, 0) is 10.3 Å². The van der Waals surface area contributed by atoms with E-state index in [-0.39, 0.29) is 5.82 Å². The van der Waals surface area contributed by atoms with Crippen LogP contribution in [0.1, 0.15) is 37.7 Å². The van der Waals surface area contributed by atoms with Crippen LogP contribution < -0.4 is 16.1 Å². The molecule has 3 rings (SSSR count). The summed E-state index contributed by atoms with van der Waals surface area (Å²) >= 11 is 0. The van der Waals surface area contributed by atoms with Crippen molar-refractivity contribution in [1.29, 1.82) is 0 Å². The maximum atomic E-state index is 13.8. The van der Waals surface area contributed by atoms with Crippen molar-refractivity contribution in [3.05, 3.63) is 47.9 Å². The monoisotopic (exact) mass is 332 g/mol. The first-order valence-corrected chi connectivity index (χ1v) is 8.08. The van der Waals surface area contributed by atoms with Gasteiger partial charge in [-0.15, -0.1) is 0 Å². The summed E-state index contributed by atoms with van der Waals surface area (Å²) in [4.78, 5) is 16.5. The fourth-order valence-electron chi connectivity index (χ4n) is 3.51. The number of nitrogens with zero attached hydrogens (tertiary/aromatic N) is 1. The molecule has 1 heterocycles. The van der Waals surface area contributed by atoms with Crippen molar-refractivity contribution < 1.29 is 14.4 Å². The third kappa shape index (κ3) is 3.05. The van der Waals surface area contributed by atoms with Gasteiger partial charge in [-0.05, 0) is 36.6 Å². The van der Waals surface area contributed by atoms with Gasteiger partial charge in [-0.1, -0.05) is 31.4 Å². The van der Waals surface area contributed by atoms with Gasteiger partial charge in [0.1, 0.15) is 5.82 Å². The number of hydroxylamine groups is 1. The number of hydrogen-bond donors (Lipinski definition) is 4. The lowest BCUT2D eigenvalue weighted by molar-refractivity contribution is -0.138. The summed E-state index contributed by atoms with van der Waals surface area (Å²) in [5, 5.41) is 15.3. The Morgan fingerprint density at radius 3 is 2.71 bits per heavy atom. The van der Waals surface area contributed by atoms with Crippen LogP contribution in [0.3, 0.4) is 0 Å². The van der Waals surface area contributed by atoms with Crippen LogP contribution >= 0.6 is 0 Å². The molecule has 4 N–H and O–H groups in total. The minimum atomic E-state index is -1.53. The second kappa shape index (κ2) is 6.70. The lowest BCUT2D eigenvalue weighted by atomic mass is 9.76. The van der Waals surface area contributed by atoms with E-state index in [0.717, 1.165) is 37.7 Å². The number of benzene rings is 1. The summed E-state index contributed by atoms with van der Waals surface area (Å²) < 4.78 is 13.8. The predicted octanol–water partition coefficient (Wildman–Crippen LogP) is 1.92. The highest BCUT2D eigenvalue weighted by Crippen LogP contribution is 2.39. The van der Waals surface area contributed by atoms with Gasteiger partial charge in [-0.3, -0.25) is 15.3 Å². The summed E-state index contributed by atoms with van der Waals surface area (Å²) in [6.45, 7) is 0.